The van der Waals surface area contributed by atoms with Crippen LogP contribution in [0.1, 0.15) is 24.2 Å². The Balaban J connectivity index is 1.54. The van der Waals surface area contributed by atoms with E-state index in [0.29, 0.717) is 5.82 Å². The molecule has 0 atom stereocenters. The Kier molecular flexibility index (Phi) is 4.33. The molecule has 1 fully saturated rings. The highest BCUT2D eigenvalue weighted by atomic mass is 32.1. The van der Waals surface area contributed by atoms with E-state index in [1.165, 1.54) is 11.5 Å². The maximum absolute atomic E-state index is 12.3. The summed E-state index contributed by atoms with van der Waals surface area (Å²) in [5, 5.41) is 3.86. The molecule has 0 aliphatic carbocycles. The Labute approximate surface area is 133 Å². The number of carbonyl (C=O) groups excluding carboxylic acids is 1. The molecule has 0 radical (unpaired) electrons. The number of aromatic nitrogens is 3. The number of rotatable bonds is 3. The van der Waals surface area contributed by atoms with Crippen LogP contribution in [0.4, 0.5) is 10.9 Å². The summed E-state index contributed by atoms with van der Waals surface area (Å²) in [4.78, 5) is 23.1. The van der Waals surface area contributed by atoms with E-state index >= 15 is 0 Å². The second-order valence-corrected chi connectivity index (χ2v) is 6.33. The normalized spacial score (nSPS) is 15.8. The van der Waals surface area contributed by atoms with Crippen molar-refractivity contribution in [2.45, 2.75) is 26.7 Å². The molecule has 1 N–H and O–H groups in total. The number of amides is 1. The molecule has 3 heterocycles. The fourth-order valence-corrected chi connectivity index (χ4v) is 3.24. The molecule has 1 aliphatic rings. The van der Waals surface area contributed by atoms with Crippen LogP contribution in [-0.2, 0) is 4.79 Å². The molecule has 2 aromatic heterocycles. The summed E-state index contributed by atoms with van der Waals surface area (Å²) in [6.07, 6.45) is 3.42. The van der Waals surface area contributed by atoms with Crippen LogP contribution in [-0.4, -0.2) is 33.3 Å². The van der Waals surface area contributed by atoms with Gasteiger partial charge in [-0.2, -0.15) is 4.37 Å². The van der Waals surface area contributed by atoms with Gasteiger partial charge in [0.25, 0.3) is 0 Å². The smallest absolute Gasteiger partial charge is 0.228 e. The largest absolute Gasteiger partial charge is 0.347 e. The van der Waals surface area contributed by atoms with Crippen molar-refractivity contribution in [3.63, 3.8) is 0 Å². The van der Waals surface area contributed by atoms with Crippen molar-refractivity contribution >= 4 is 28.4 Å². The lowest BCUT2D eigenvalue weighted by molar-refractivity contribution is -0.120. The molecule has 0 unspecified atom stereocenters. The highest BCUT2D eigenvalue weighted by molar-refractivity contribution is 7.09. The first-order valence-corrected chi connectivity index (χ1v) is 8.18. The van der Waals surface area contributed by atoms with Gasteiger partial charge in [0.2, 0.25) is 11.0 Å². The average Bonchev–Trinajstić information content (AvgIpc) is 2.96. The molecule has 0 saturated carbocycles. The summed E-state index contributed by atoms with van der Waals surface area (Å²) in [7, 11) is 0. The Hall–Kier alpha value is -2.02. The van der Waals surface area contributed by atoms with Gasteiger partial charge in [-0.05, 0) is 38.3 Å². The number of carbonyl (C=O) groups is 1. The molecule has 1 amide bonds. The number of aryl methyl sites for hydroxylation is 2. The Bertz CT molecular complexity index is 646. The first-order valence-electron chi connectivity index (χ1n) is 7.40. The van der Waals surface area contributed by atoms with E-state index < -0.39 is 0 Å². The van der Waals surface area contributed by atoms with E-state index in [9.17, 15) is 4.79 Å². The van der Waals surface area contributed by atoms with Crippen molar-refractivity contribution in [1.29, 1.82) is 0 Å². The predicted octanol–water partition coefficient (Wildman–Crippen LogP) is 2.41. The van der Waals surface area contributed by atoms with Crippen molar-refractivity contribution in [3.05, 3.63) is 29.7 Å². The van der Waals surface area contributed by atoms with Crippen LogP contribution >= 0.6 is 11.5 Å². The molecule has 0 spiro atoms. The Morgan fingerprint density at radius 3 is 2.68 bits per heavy atom. The topological polar surface area (TPSA) is 71.0 Å². The van der Waals surface area contributed by atoms with Gasteiger partial charge >= 0.3 is 0 Å². The second kappa shape index (κ2) is 6.39. The van der Waals surface area contributed by atoms with E-state index in [1.54, 1.807) is 6.20 Å². The minimum absolute atomic E-state index is 0.0355. The summed E-state index contributed by atoms with van der Waals surface area (Å²) in [5.41, 5.74) is 1.08. The summed E-state index contributed by atoms with van der Waals surface area (Å²) >= 11 is 1.42. The minimum Gasteiger partial charge on any atom is -0.347 e. The molecular formula is C15H19N5OS. The molecule has 1 aliphatic heterocycles. The van der Waals surface area contributed by atoms with Gasteiger partial charge in [-0.1, -0.05) is 6.07 Å². The first kappa shape index (κ1) is 14.9. The third-order valence-electron chi connectivity index (χ3n) is 3.82. The summed E-state index contributed by atoms with van der Waals surface area (Å²) in [6.45, 7) is 5.56. The van der Waals surface area contributed by atoms with Crippen LogP contribution < -0.4 is 10.2 Å². The highest BCUT2D eigenvalue weighted by Gasteiger charge is 2.26. The van der Waals surface area contributed by atoms with Crippen LogP contribution in [0.2, 0.25) is 0 Å². The Morgan fingerprint density at radius 1 is 1.32 bits per heavy atom. The van der Waals surface area contributed by atoms with Gasteiger partial charge in [0, 0.05) is 36.7 Å². The molecule has 0 bridgehead atoms. The fourth-order valence-electron chi connectivity index (χ4n) is 2.52. The van der Waals surface area contributed by atoms with Crippen molar-refractivity contribution in [2.75, 3.05) is 23.3 Å². The van der Waals surface area contributed by atoms with E-state index in [2.05, 4.69) is 24.6 Å². The van der Waals surface area contributed by atoms with Crippen LogP contribution in [0.15, 0.2) is 18.3 Å². The van der Waals surface area contributed by atoms with Crippen LogP contribution in [0.3, 0.4) is 0 Å². The molecular weight excluding hydrogens is 298 g/mol. The van der Waals surface area contributed by atoms with E-state index in [4.69, 9.17) is 0 Å². The van der Waals surface area contributed by atoms with Crippen molar-refractivity contribution in [1.82, 2.24) is 14.3 Å². The maximum atomic E-state index is 12.3. The molecule has 2 aromatic rings. The molecule has 0 aromatic carbocycles. The van der Waals surface area contributed by atoms with E-state index in [0.717, 1.165) is 42.5 Å². The number of nitrogens with one attached hydrogen (secondary N) is 1. The maximum Gasteiger partial charge on any atom is 0.228 e. The van der Waals surface area contributed by atoms with Gasteiger partial charge in [0.15, 0.2) is 0 Å². The van der Waals surface area contributed by atoms with Gasteiger partial charge < -0.3 is 10.2 Å². The van der Waals surface area contributed by atoms with Gasteiger partial charge in [0.05, 0.1) is 0 Å². The molecule has 3 rings (SSSR count). The van der Waals surface area contributed by atoms with Gasteiger partial charge in [-0.15, -0.1) is 0 Å². The zero-order chi connectivity index (χ0) is 15.5. The van der Waals surface area contributed by atoms with Crippen molar-refractivity contribution < 1.29 is 4.79 Å². The van der Waals surface area contributed by atoms with Crippen molar-refractivity contribution in [2.24, 2.45) is 5.92 Å². The predicted molar refractivity (Wildman–Crippen MR) is 87.2 cm³/mol. The summed E-state index contributed by atoms with van der Waals surface area (Å²) in [5.74, 6) is 1.53. The summed E-state index contributed by atoms with van der Waals surface area (Å²) in [6, 6.07) is 3.79. The standard InChI is InChI=1S/C15H19N5OS/c1-10-3-4-13(16-9-10)18-14(21)12-5-7-20(8-6-12)15-17-11(2)19-22-15/h3-4,9,12H,5-8H2,1-2H3,(H,16,18,21). The average molecular weight is 317 g/mol. The van der Waals surface area contributed by atoms with Crippen molar-refractivity contribution in [3.8, 4) is 0 Å². The first-order chi connectivity index (χ1) is 10.6. The lowest BCUT2D eigenvalue weighted by Gasteiger charge is -2.30. The number of pyridine rings is 1. The zero-order valence-corrected chi connectivity index (χ0v) is 13.6. The highest BCUT2D eigenvalue weighted by Crippen LogP contribution is 2.25. The molecule has 1 saturated heterocycles. The van der Waals surface area contributed by atoms with E-state index in [-0.39, 0.29) is 11.8 Å². The number of nitrogens with zero attached hydrogens (tertiary/aromatic N) is 4. The van der Waals surface area contributed by atoms with E-state index in [1.807, 2.05) is 26.0 Å². The van der Waals surface area contributed by atoms with Crippen LogP contribution in [0.25, 0.3) is 0 Å². The third-order valence-corrected chi connectivity index (χ3v) is 4.68. The molecule has 22 heavy (non-hydrogen) atoms. The molecule has 6 nitrogen and oxygen atoms in total. The van der Waals surface area contributed by atoms with Gasteiger partial charge in [0.1, 0.15) is 11.6 Å². The number of piperidine rings is 1. The number of anilines is 2. The quantitative estimate of drug-likeness (QED) is 0.941. The summed E-state index contributed by atoms with van der Waals surface area (Å²) < 4.78 is 4.21. The monoisotopic (exact) mass is 317 g/mol. The second-order valence-electron chi connectivity index (χ2n) is 5.60. The van der Waals surface area contributed by atoms with Gasteiger partial charge in [-0.3, -0.25) is 4.79 Å². The SMILES string of the molecule is Cc1ccc(NC(=O)C2CCN(c3nc(C)ns3)CC2)nc1. The lowest BCUT2D eigenvalue weighted by atomic mass is 9.96. The Morgan fingerprint density at radius 2 is 2.09 bits per heavy atom. The molecule has 7 heteroatoms. The van der Waals surface area contributed by atoms with Crippen LogP contribution in [0, 0.1) is 19.8 Å². The minimum atomic E-state index is 0.0355. The third kappa shape index (κ3) is 3.41. The zero-order valence-electron chi connectivity index (χ0n) is 12.7. The fraction of sp³-hybridized carbons (Fsp3) is 0.467. The van der Waals surface area contributed by atoms with Gasteiger partial charge in [-0.25, -0.2) is 9.97 Å². The number of hydrogen-bond acceptors (Lipinski definition) is 6. The number of hydrogen-bond donors (Lipinski definition) is 1. The molecule has 116 valence electrons. The lowest BCUT2D eigenvalue weighted by Crippen LogP contribution is -2.38. The van der Waals surface area contributed by atoms with Crippen LogP contribution in [0.5, 0.6) is 0 Å².